The predicted molar refractivity (Wildman–Crippen MR) is 34.3 cm³/mol. The van der Waals surface area contributed by atoms with Crippen LogP contribution in [0.1, 0.15) is 19.8 Å². The molecule has 0 bridgehead atoms. The zero-order chi connectivity index (χ0) is 6.41. The van der Waals surface area contributed by atoms with Crippen LogP contribution in [0.3, 0.4) is 0 Å². The highest BCUT2D eigenvalue weighted by Gasteiger charge is 2.00. The number of alkyl halides is 2. The first-order valence-corrected chi connectivity index (χ1v) is 4.87. The van der Waals surface area contributed by atoms with Crippen molar-refractivity contribution in [1.82, 2.24) is 0 Å². The second-order valence-electron chi connectivity index (χ2n) is 1.89. The summed E-state index contributed by atoms with van der Waals surface area (Å²) in [5, 5.41) is 0. The summed E-state index contributed by atoms with van der Waals surface area (Å²) in [5.41, 5.74) is 0. The van der Waals surface area contributed by atoms with Gasteiger partial charge in [0.1, 0.15) is 9.52 Å². The van der Waals surface area contributed by atoms with Gasteiger partial charge in [-0.3, -0.25) is 0 Å². The minimum atomic E-state index is -1.96. The van der Waals surface area contributed by atoms with E-state index in [1.807, 2.05) is 6.92 Å². The summed E-state index contributed by atoms with van der Waals surface area (Å²) in [6.45, 7) is 2.03. The molecule has 0 spiro atoms. The van der Waals surface area contributed by atoms with Crippen LogP contribution >= 0.6 is 0 Å². The van der Waals surface area contributed by atoms with Gasteiger partial charge >= 0.3 is 0 Å². The zero-order valence-electron chi connectivity index (χ0n) is 5.16. The van der Waals surface area contributed by atoms with Crippen LogP contribution in [-0.4, -0.2) is 15.6 Å². The van der Waals surface area contributed by atoms with Crippen LogP contribution in [0.25, 0.3) is 0 Å². The third-order valence-electron chi connectivity index (χ3n) is 1.03. The van der Waals surface area contributed by atoms with Gasteiger partial charge in [-0.15, -0.1) is 0 Å². The van der Waals surface area contributed by atoms with Crippen LogP contribution in [-0.2, 0) is 0 Å². The van der Waals surface area contributed by atoms with Crippen molar-refractivity contribution in [2.24, 2.45) is 0 Å². The number of hydrogen-bond acceptors (Lipinski definition) is 0. The maximum atomic E-state index is 11.4. The lowest BCUT2D eigenvalue weighted by atomic mass is 10.4. The Morgan fingerprint density at radius 1 is 1.50 bits per heavy atom. The Bertz CT molecular complexity index is 47.7. The van der Waals surface area contributed by atoms with Gasteiger partial charge in [0.25, 0.3) is 0 Å². The van der Waals surface area contributed by atoms with Crippen molar-refractivity contribution in [3.8, 4) is 0 Å². The Morgan fingerprint density at radius 2 is 2.12 bits per heavy atom. The molecule has 0 fully saturated rings. The van der Waals surface area contributed by atoms with Gasteiger partial charge in [-0.2, -0.15) is 0 Å². The van der Waals surface area contributed by atoms with E-state index in [1.165, 1.54) is 0 Å². The van der Waals surface area contributed by atoms with E-state index in [2.05, 4.69) is 0 Å². The summed E-state index contributed by atoms with van der Waals surface area (Å²) in [4.78, 5) is 0. The fourth-order valence-electron chi connectivity index (χ4n) is 0.549. The molecule has 0 unspecified atom stereocenters. The molecule has 0 amide bonds. The van der Waals surface area contributed by atoms with Crippen molar-refractivity contribution < 1.29 is 8.78 Å². The SMILES string of the molecule is CCCC[SiH2]C(F)F. The minimum absolute atomic E-state index is 0.814. The van der Waals surface area contributed by atoms with E-state index in [0.29, 0.717) is 0 Å². The predicted octanol–water partition coefficient (Wildman–Crippen LogP) is 1.60. The normalized spacial score (nSPS) is 12.0. The summed E-state index contributed by atoms with van der Waals surface area (Å²) in [6.07, 6.45) is 2.05. The van der Waals surface area contributed by atoms with Gasteiger partial charge in [-0.05, 0) is 0 Å². The standard InChI is InChI=1S/C5H12F2Si/c1-2-3-4-8-5(6)7/h5H,2-4,8H2,1H3. The lowest BCUT2D eigenvalue weighted by Crippen LogP contribution is -2.02. The van der Waals surface area contributed by atoms with Gasteiger partial charge < -0.3 is 0 Å². The molecule has 3 heteroatoms. The molecule has 0 aromatic carbocycles. The summed E-state index contributed by atoms with van der Waals surface area (Å²) in [5.74, 6) is 0. The zero-order valence-corrected chi connectivity index (χ0v) is 6.58. The van der Waals surface area contributed by atoms with E-state index in [9.17, 15) is 8.78 Å². The highest BCUT2D eigenvalue weighted by Crippen LogP contribution is 1.98. The van der Waals surface area contributed by atoms with E-state index in [1.54, 1.807) is 0 Å². The lowest BCUT2D eigenvalue weighted by molar-refractivity contribution is 0.237. The van der Waals surface area contributed by atoms with Crippen LogP contribution in [0.15, 0.2) is 0 Å². The molecule has 0 N–H and O–H groups in total. The largest absolute Gasteiger partial charge is 0.216 e. The second-order valence-corrected chi connectivity index (χ2v) is 3.79. The van der Waals surface area contributed by atoms with Crippen molar-refractivity contribution in [3.63, 3.8) is 0 Å². The molecule has 0 aliphatic heterocycles. The number of hydrogen-bond donors (Lipinski definition) is 0. The fraction of sp³-hybridized carbons (Fsp3) is 1.00. The lowest BCUT2D eigenvalue weighted by Gasteiger charge is -1.93. The minimum Gasteiger partial charge on any atom is -0.216 e. The Morgan fingerprint density at radius 3 is 2.50 bits per heavy atom. The molecule has 0 radical (unpaired) electrons. The monoisotopic (exact) mass is 138 g/mol. The smallest absolute Gasteiger partial charge is 0.214 e. The Labute approximate surface area is 51.1 Å². The number of unbranched alkanes of at least 4 members (excludes halogenated alkanes) is 1. The Kier molecular flexibility index (Phi) is 5.27. The molecule has 0 saturated heterocycles. The molecule has 0 saturated carbocycles. The fourth-order valence-corrected chi connectivity index (χ4v) is 1.65. The molecule has 0 nitrogen and oxygen atoms in total. The first kappa shape index (κ1) is 8.08. The highest BCUT2D eigenvalue weighted by molar-refractivity contribution is 6.36. The van der Waals surface area contributed by atoms with E-state index in [-0.39, 0.29) is 0 Å². The van der Waals surface area contributed by atoms with E-state index < -0.39 is 15.6 Å². The second kappa shape index (κ2) is 5.22. The summed E-state index contributed by atoms with van der Waals surface area (Å²) < 4.78 is 22.8. The van der Waals surface area contributed by atoms with Crippen LogP contribution < -0.4 is 0 Å². The van der Waals surface area contributed by atoms with E-state index in [4.69, 9.17) is 0 Å². The van der Waals surface area contributed by atoms with Gasteiger partial charge in [-0.25, -0.2) is 8.78 Å². The van der Waals surface area contributed by atoms with Gasteiger partial charge in [0, 0.05) is 0 Å². The molecule has 50 valence electrons. The van der Waals surface area contributed by atoms with Crippen molar-refractivity contribution in [2.75, 3.05) is 0 Å². The summed E-state index contributed by atoms with van der Waals surface area (Å²) in [6, 6.07) is -1.14. The third-order valence-corrected chi connectivity index (χ3v) is 2.37. The van der Waals surface area contributed by atoms with Crippen molar-refractivity contribution in [1.29, 1.82) is 0 Å². The molecular weight excluding hydrogens is 126 g/mol. The molecule has 0 rings (SSSR count). The van der Waals surface area contributed by atoms with Gasteiger partial charge in [0.15, 0.2) is 0 Å². The highest BCUT2D eigenvalue weighted by atomic mass is 28.2. The maximum Gasteiger partial charge on any atom is 0.214 e. The van der Waals surface area contributed by atoms with Crippen LogP contribution in [0.4, 0.5) is 8.78 Å². The molecule has 0 aromatic rings. The van der Waals surface area contributed by atoms with Crippen molar-refractivity contribution >= 4 is 9.52 Å². The average Bonchev–Trinajstić information content (AvgIpc) is 1.66. The average molecular weight is 138 g/mol. The molecule has 0 aliphatic rings. The molecule has 0 aromatic heterocycles. The topological polar surface area (TPSA) is 0 Å². The van der Waals surface area contributed by atoms with Crippen LogP contribution in [0.5, 0.6) is 0 Å². The number of rotatable bonds is 4. The third kappa shape index (κ3) is 6.08. The molecule has 0 heterocycles. The quantitative estimate of drug-likeness (QED) is 0.409. The van der Waals surface area contributed by atoms with Crippen LogP contribution in [0, 0.1) is 0 Å². The molecule has 8 heavy (non-hydrogen) atoms. The van der Waals surface area contributed by atoms with Crippen LogP contribution in [0.2, 0.25) is 6.04 Å². The first-order valence-electron chi connectivity index (χ1n) is 3.05. The Balaban J connectivity index is 2.72. The molecule has 0 atom stereocenters. The maximum absolute atomic E-state index is 11.4. The summed E-state index contributed by atoms with van der Waals surface area (Å²) >= 11 is 0. The van der Waals surface area contributed by atoms with Gasteiger partial charge in [-0.1, -0.05) is 25.8 Å². The van der Waals surface area contributed by atoms with Crippen molar-refractivity contribution in [3.05, 3.63) is 0 Å². The van der Waals surface area contributed by atoms with E-state index >= 15 is 0 Å². The van der Waals surface area contributed by atoms with Gasteiger partial charge in [0.05, 0.1) is 0 Å². The van der Waals surface area contributed by atoms with E-state index in [0.717, 1.165) is 18.9 Å². The molecular formula is C5H12F2Si. The Hall–Kier alpha value is 0.0769. The number of halogens is 2. The summed E-state index contributed by atoms with van der Waals surface area (Å²) in [7, 11) is -0.998. The van der Waals surface area contributed by atoms with Crippen molar-refractivity contribution in [2.45, 2.75) is 31.9 Å². The van der Waals surface area contributed by atoms with Gasteiger partial charge in [0.2, 0.25) is 6.05 Å². The molecule has 0 aliphatic carbocycles. The first-order chi connectivity index (χ1) is 3.77.